The molecular weight excluding hydrogens is 228 g/mol. The number of rotatable bonds is 6. The highest BCUT2D eigenvalue weighted by Crippen LogP contribution is 2.33. The molecule has 0 bridgehead atoms. The third kappa shape index (κ3) is 3.77. The second kappa shape index (κ2) is 7.07. The van der Waals surface area contributed by atoms with Crippen molar-refractivity contribution in [3.05, 3.63) is 29.3 Å². The summed E-state index contributed by atoms with van der Waals surface area (Å²) in [6.07, 6.45) is 2.85. The monoisotopic (exact) mass is 250 g/mol. The van der Waals surface area contributed by atoms with Crippen LogP contribution >= 0.6 is 0 Å². The molecule has 0 amide bonds. The van der Waals surface area contributed by atoms with Crippen LogP contribution in [0.25, 0.3) is 6.08 Å². The predicted octanol–water partition coefficient (Wildman–Crippen LogP) is 3.27. The Morgan fingerprint density at radius 2 is 2.11 bits per heavy atom. The molecule has 1 aromatic carbocycles. The first kappa shape index (κ1) is 14.6. The van der Waals surface area contributed by atoms with Crippen molar-refractivity contribution in [3.8, 4) is 11.5 Å². The molecule has 0 radical (unpaired) electrons. The van der Waals surface area contributed by atoms with Gasteiger partial charge in [0.1, 0.15) is 0 Å². The zero-order valence-electron chi connectivity index (χ0n) is 11.6. The molecule has 0 aliphatic carbocycles. The summed E-state index contributed by atoms with van der Waals surface area (Å²) < 4.78 is 11.1. The van der Waals surface area contributed by atoms with Gasteiger partial charge in [-0.2, -0.15) is 0 Å². The van der Waals surface area contributed by atoms with E-state index in [4.69, 9.17) is 9.47 Å². The summed E-state index contributed by atoms with van der Waals surface area (Å²) >= 11 is 0. The molecule has 18 heavy (non-hydrogen) atoms. The lowest BCUT2D eigenvalue weighted by Crippen LogP contribution is -2.08. The number of ether oxygens (including phenoxy) is 2. The van der Waals surface area contributed by atoms with Gasteiger partial charge in [0, 0.05) is 5.56 Å². The van der Waals surface area contributed by atoms with E-state index in [0.29, 0.717) is 5.75 Å². The van der Waals surface area contributed by atoms with Crippen molar-refractivity contribution in [3.63, 3.8) is 0 Å². The highest BCUT2D eigenvalue weighted by Gasteiger charge is 2.11. The number of para-hydroxylation sites is 1. The van der Waals surface area contributed by atoms with Gasteiger partial charge in [0.15, 0.2) is 11.5 Å². The summed E-state index contributed by atoms with van der Waals surface area (Å²) in [6.45, 7) is 6.04. The van der Waals surface area contributed by atoms with E-state index in [1.807, 2.05) is 45.0 Å². The topological polar surface area (TPSA) is 38.7 Å². The first-order valence-corrected chi connectivity index (χ1v) is 6.26. The molecule has 0 saturated carbocycles. The quantitative estimate of drug-likeness (QED) is 0.842. The number of hydrogen-bond acceptors (Lipinski definition) is 3. The van der Waals surface area contributed by atoms with Gasteiger partial charge in [0.25, 0.3) is 0 Å². The maximum Gasteiger partial charge on any atom is 0.168 e. The van der Waals surface area contributed by atoms with Gasteiger partial charge in [0.2, 0.25) is 0 Å². The number of benzene rings is 1. The maximum atomic E-state index is 9.25. The van der Waals surface area contributed by atoms with Crippen LogP contribution in [0.3, 0.4) is 0 Å². The fourth-order valence-corrected chi connectivity index (χ4v) is 1.65. The Kier molecular flexibility index (Phi) is 5.72. The van der Waals surface area contributed by atoms with Crippen LogP contribution in [0.1, 0.15) is 32.8 Å². The van der Waals surface area contributed by atoms with E-state index in [-0.39, 0.29) is 12.7 Å². The normalized spacial score (nSPS) is 11.8. The fourth-order valence-electron chi connectivity index (χ4n) is 1.65. The molecule has 1 rings (SSSR count). The molecule has 0 spiro atoms. The Hall–Kier alpha value is -1.48. The van der Waals surface area contributed by atoms with E-state index in [0.717, 1.165) is 23.3 Å². The van der Waals surface area contributed by atoms with Crippen LogP contribution in [-0.2, 0) is 0 Å². The molecule has 0 aliphatic heterocycles. The third-order valence-corrected chi connectivity index (χ3v) is 2.60. The summed E-state index contributed by atoms with van der Waals surface area (Å²) in [4.78, 5) is 0. The van der Waals surface area contributed by atoms with E-state index < -0.39 is 0 Å². The fraction of sp³-hybridized carbons (Fsp3) is 0.467. The Labute approximate surface area is 109 Å². The van der Waals surface area contributed by atoms with Crippen LogP contribution in [0.4, 0.5) is 0 Å². The van der Waals surface area contributed by atoms with Crippen molar-refractivity contribution in [2.24, 2.45) is 0 Å². The van der Waals surface area contributed by atoms with Gasteiger partial charge >= 0.3 is 0 Å². The molecule has 3 nitrogen and oxygen atoms in total. The SMILES string of the molecule is CCC(=Cc1cccc(OC)c1OC(C)C)CO. The van der Waals surface area contributed by atoms with Gasteiger partial charge in [-0.15, -0.1) is 0 Å². The van der Waals surface area contributed by atoms with Crippen molar-refractivity contribution in [2.75, 3.05) is 13.7 Å². The highest BCUT2D eigenvalue weighted by atomic mass is 16.5. The van der Waals surface area contributed by atoms with Crippen LogP contribution < -0.4 is 9.47 Å². The minimum Gasteiger partial charge on any atom is -0.493 e. The minimum atomic E-state index is 0.0643. The Bertz CT molecular complexity index is 402. The lowest BCUT2D eigenvalue weighted by atomic mass is 10.1. The second-order valence-corrected chi connectivity index (χ2v) is 4.36. The van der Waals surface area contributed by atoms with E-state index >= 15 is 0 Å². The summed E-state index contributed by atoms with van der Waals surface area (Å²) in [5.74, 6) is 1.44. The third-order valence-electron chi connectivity index (χ3n) is 2.60. The standard InChI is InChI=1S/C15H22O3/c1-5-12(10-16)9-13-7-6-8-14(17-4)15(13)18-11(2)3/h6-9,11,16H,5,10H2,1-4H3. The van der Waals surface area contributed by atoms with Crippen molar-refractivity contribution in [1.29, 1.82) is 0 Å². The molecule has 1 aromatic rings. The number of methoxy groups -OCH3 is 1. The molecule has 0 heterocycles. The molecule has 100 valence electrons. The number of aliphatic hydroxyl groups is 1. The molecule has 0 atom stereocenters. The largest absolute Gasteiger partial charge is 0.493 e. The van der Waals surface area contributed by atoms with Gasteiger partial charge < -0.3 is 14.6 Å². The minimum absolute atomic E-state index is 0.0643. The maximum absolute atomic E-state index is 9.25. The Morgan fingerprint density at radius 3 is 2.61 bits per heavy atom. The zero-order valence-corrected chi connectivity index (χ0v) is 11.6. The van der Waals surface area contributed by atoms with E-state index in [9.17, 15) is 5.11 Å². The van der Waals surface area contributed by atoms with Crippen molar-refractivity contribution in [1.82, 2.24) is 0 Å². The average Bonchev–Trinajstić information content (AvgIpc) is 2.36. The van der Waals surface area contributed by atoms with Crippen molar-refractivity contribution >= 4 is 6.08 Å². The lowest BCUT2D eigenvalue weighted by Gasteiger charge is -2.16. The predicted molar refractivity (Wildman–Crippen MR) is 74.1 cm³/mol. The first-order valence-electron chi connectivity index (χ1n) is 6.26. The second-order valence-electron chi connectivity index (χ2n) is 4.36. The van der Waals surface area contributed by atoms with E-state index in [2.05, 4.69) is 0 Å². The van der Waals surface area contributed by atoms with E-state index in [1.54, 1.807) is 7.11 Å². The molecule has 1 N–H and O–H groups in total. The smallest absolute Gasteiger partial charge is 0.168 e. The number of aliphatic hydroxyl groups excluding tert-OH is 1. The van der Waals surface area contributed by atoms with Crippen LogP contribution in [0.15, 0.2) is 23.8 Å². The van der Waals surface area contributed by atoms with Gasteiger partial charge in [0.05, 0.1) is 19.8 Å². The Balaban J connectivity index is 3.21. The molecular formula is C15H22O3. The van der Waals surface area contributed by atoms with Crippen LogP contribution in [0.2, 0.25) is 0 Å². The average molecular weight is 250 g/mol. The summed E-state index contributed by atoms with van der Waals surface area (Å²) in [5.41, 5.74) is 1.91. The lowest BCUT2D eigenvalue weighted by molar-refractivity contribution is 0.229. The highest BCUT2D eigenvalue weighted by molar-refractivity contribution is 5.64. The van der Waals surface area contributed by atoms with E-state index in [1.165, 1.54) is 0 Å². The van der Waals surface area contributed by atoms with Gasteiger partial charge in [-0.1, -0.05) is 19.1 Å². The first-order chi connectivity index (χ1) is 8.62. The van der Waals surface area contributed by atoms with Crippen LogP contribution in [-0.4, -0.2) is 24.9 Å². The molecule has 0 aliphatic rings. The molecule has 0 saturated heterocycles. The van der Waals surface area contributed by atoms with Crippen molar-refractivity contribution in [2.45, 2.75) is 33.3 Å². The van der Waals surface area contributed by atoms with Gasteiger partial charge in [-0.05, 0) is 38.0 Å². The molecule has 0 aromatic heterocycles. The summed E-state index contributed by atoms with van der Waals surface area (Å²) in [7, 11) is 1.63. The van der Waals surface area contributed by atoms with Gasteiger partial charge in [-0.25, -0.2) is 0 Å². The molecule has 3 heteroatoms. The summed E-state index contributed by atoms with van der Waals surface area (Å²) in [6, 6.07) is 5.76. The van der Waals surface area contributed by atoms with Crippen LogP contribution in [0.5, 0.6) is 11.5 Å². The van der Waals surface area contributed by atoms with Crippen molar-refractivity contribution < 1.29 is 14.6 Å². The van der Waals surface area contributed by atoms with Crippen LogP contribution in [0, 0.1) is 0 Å². The zero-order chi connectivity index (χ0) is 13.5. The number of hydrogen-bond donors (Lipinski definition) is 1. The summed E-state index contributed by atoms with van der Waals surface area (Å²) in [5, 5.41) is 9.25. The Morgan fingerprint density at radius 1 is 1.39 bits per heavy atom. The molecule has 0 unspecified atom stereocenters. The van der Waals surface area contributed by atoms with Gasteiger partial charge in [-0.3, -0.25) is 0 Å². The molecule has 0 fully saturated rings.